The molecule has 18 heavy (non-hydrogen) atoms. The fourth-order valence-corrected chi connectivity index (χ4v) is 1.54. The molecule has 1 aromatic heterocycles. The first-order valence-electron chi connectivity index (χ1n) is 5.46. The van der Waals surface area contributed by atoms with Gasteiger partial charge >= 0.3 is 0 Å². The van der Waals surface area contributed by atoms with Gasteiger partial charge in [0.2, 0.25) is 0 Å². The van der Waals surface area contributed by atoms with Crippen molar-refractivity contribution in [3.63, 3.8) is 0 Å². The summed E-state index contributed by atoms with van der Waals surface area (Å²) >= 11 is 0. The minimum Gasteiger partial charge on any atom is -0.497 e. The molecular weight excluding hydrogens is 230 g/mol. The molecule has 0 saturated heterocycles. The molecule has 0 unspecified atom stereocenters. The van der Waals surface area contributed by atoms with E-state index in [1.807, 2.05) is 24.4 Å². The minimum atomic E-state index is 0.510. The molecule has 1 aromatic rings. The first-order valence-corrected chi connectivity index (χ1v) is 5.46. The van der Waals surface area contributed by atoms with Gasteiger partial charge in [-0.2, -0.15) is 0 Å². The van der Waals surface area contributed by atoms with E-state index in [4.69, 9.17) is 9.94 Å². The van der Waals surface area contributed by atoms with Crippen molar-refractivity contribution >= 4 is 18.1 Å². The highest BCUT2D eigenvalue weighted by molar-refractivity contribution is 5.80. The largest absolute Gasteiger partial charge is 0.497 e. The molecule has 1 aliphatic heterocycles. The molecule has 1 aliphatic rings. The molecule has 0 radical (unpaired) electrons. The highest BCUT2D eigenvalue weighted by atomic mass is 16.5. The second-order valence-corrected chi connectivity index (χ2v) is 3.59. The highest BCUT2D eigenvalue weighted by Gasteiger charge is 2.06. The predicted octanol–water partition coefficient (Wildman–Crippen LogP) is 2.27. The van der Waals surface area contributed by atoms with Crippen molar-refractivity contribution < 1.29 is 9.94 Å². The molecule has 0 spiro atoms. The number of methoxy groups -OCH3 is 1. The van der Waals surface area contributed by atoms with Crippen molar-refractivity contribution in [2.45, 2.75) is 6.42 Å². The van der Waals surface area contributed by atoms with Crippen molar-refractivity contribution in [1.29, 1.82) is 0 Å². The van der Waals surface area contributed by atoms with Crippen LogP contribution in [-0.4, -0.2) is 29.7 Å². The number of hydrogen-bond acceptors (Lipinski definition) is 5. The number of hydrogen-bond donors (Lipinski definition) is 1. The van der Waals surface area contributed by atoms with Crippen LogP contribution in [0.3, 0.4) is 0 Å². The van der Waals surface area contributed by atoms with Crippen LogP contribution in [0, 0.1) is 0 Å². The van der Waals surface area contributed by atoms with E-state index in [1.165, 1.54) is 6.21 Å². The smallest absolute Gasteiger partial charge is 0.123 e. The van der Waals surface area contributed by atoms with Gasteiger partial charge in [0.1, 0.15) is 5.75 Å². The van der Waals surface area contributed by atoms with Crippen LogP contribution in [0.5, 0.6) is 5.75 Å². The van der Waals surface area contributed by atoms with E-state index in [2.05, 4.69) is 15.1 Å². The van der Waals surface area contributed by atoms with Crippen LogP contribution in [0.4, 0.5) is 0 Å². The zero-order chi connectivity index (χ0) is 12.8. The maximum atomic E-state index is 8.56. The Bertz CT molecular complexity index is 545. The van der Waals surface area contributed by atoms with E-state index in [9.17, 15) is 0 Å². The number of rotatable bonds is 3. The summed E-state index contributed by atoms with van der Waals surface area (Å²) in [6.07, 6.45) is 9.69. The van der Waals surface area contributed by atoms with Crippen LogP contribution >= 0.6 is 0 Å². The third-order valence-corrected chi connectivity index (χ3v) is 2.37. The SMILES string of the molecule is COc1cc(/C=N/O)nc(C2=CC=CCC=N2)c1. The van der Waals surface area contributed by atoms with Gasteiger partial charge in [-0.1, -0.05) is 17.3 Å². The molecule has 5 nitrogen and oxygen atoms in total. The molecule has 0 atom stereocenters. The van der Waals surface area contributed by atoms with Gasteiger partial charge in [0.15, 0.2) is 0 Å². The molecule has 5 heteroatoms. The summed E-state index contributed by atoms with van der Waals surface area (Å²) < 4.78 is 5.18. The summed E-state index contributed by atoms with van der Waals surface area (Å²) in [6, 6.07) is 3.47. The van der Waals surface area contributed by atoms with Crippen molar-refractivity contribution in [3.8, 4) is 5.75 Å². The summed E-state index contributed by atoms with van der Waals surface area (Å²) in [7, 11) is 1.57. The summed E-state index contributed by atoms with van der Waals surface area (Å²) in [5, 5.41) is 11.5. The van der Waals surface area contributed by atoms with Crippen LogP contribution < -0.4 is 4.74 Å². The van der Waals surface area contributed by atoms with Gasteiger partial charge in [0.25, 0.3) is 0 Å². The Morgan fingerprint density at radius 3 is 3.11 bits per heavy atom. The van der Waals surface area contributed by atoms with Crippen LogP contribution in [0.2, 0.25) is 0 Å². The van der Waals surface area contributed by atoms with Crippen molar-refractivity contribution in [2.75, 3.05) is 7.11 Å². The number of pyridine rings is 1. The monoisotopic (exact) mass is 243 g/mol. The van der Waals surface area contributed by atoms with Gasteiger partial charge in [-0.15, -0.1) is 0 Å². The molecule has 1 N–H and O–H groups in total. The Morgan fingerprint density at radius 1 is 1.44 bits per heavy atom. The lowest BCUT2D eigenvalue weighted by Gasteiger charge is -2.05. The molecule has 0 fully saturated rings. The van der Waals surface area contributed by atoms with E-state index < -0.39 is 0 Å². The molecule has 0 aliphatic carbocycles. The minimum absolute atomic E-state index is 0.510. The topological polar surface area (TPSA) is 67.1 Å². The van der Waals surface area contributed by atoms with Gasteiger partial charge in [-0.25, -0.2) is 4.98 Å². The number of oxime groups is 1. The quantitative estimate of drug-likeness (QED) is 0.503. The van der Waals surface area contributed by atoms with Crippen molar-refractivity contribution in [3.05, 3.63) is 41.7 Å². The lowest BCUT2D eigenvalue weighted by molar-refractivity contribution is 0.321. The molecule has 0 saturated carbocycles. The zero-order valence-electron chi connectivity index (χ0n) is 9.95. The molecule has 0 bridgehead atoms. The van der Waals surface area contributed by atoms with Crippen molar-refractivity contribution in [2.24, 2.45) is 10.1 Å². The maximum Gasteiger partial charge on any atom is 0.123 e. The van der Waals surface area contributed by atoms with Gasteiger partial charge in [-0.3, -0.25) is 4.99 Å². The first kappa shape index (κ1) is 12.0. The van der Waals surface area contributed by atoms with Crippen molar-refractivity contribution in [1.82, 2.24) is 4.98 Å². The number of ether oxygens (including phenoxy) is 1. The van der Waals surface area contributed by atoms with E-state index in [0.29, 0.717) is 17.1 Å². The van der Waals surface area contributed by atoms with Crippen LogP contribution in [0.15, 0.2) is 40.5 Å². The number of nitrogens with zero attached hydrogens (tertiary/aromatic N) is 3. The second kappa shape index (κ2) is 5.77. The summed E-state index contributed by atoms with van der Waals surface area (Å²) in [6.45, 7) is 0. The second-order valence-electron chi connectivity index (χ2n) is 3.59. The predicted molar refractivity (Wildman–Crippen MR) is 70.4 cm³/mol. The Balaban J connectivity index is 2.46. The molecule has 0 aromatic carbocycles. The molecule has 2 rings (SSSR count). The Kier molecular flexibility index (Phi) is 3.86. The van der Waals surface area contributed by atoms with Gasteiger partial charge in [-0.05, 0) is 6.08 Å². The van der Waals surface area contributed by atoms with Gasteiger partial charge in [0, 0.05) is 24.8 Å². The Morgan fingerprint density at radius 2 is 2.33 bits per heavy atom. The summed E-state index contributed by atoms with van der Waals surface area (Å²) in [5.41, 5.74) is 1.93. The lowest BCUT2D eigenvalue weighted by atomic mass is 10.2. The number of aliphatic imine (C=N–C) groups is 1. The fourth-order valence-electron chi connectivity index (χ4n) is 1.54. The fraction of sp³-hybridized carbons (Fsp3) is 0.154. The van der Waals surface area contributed by atoms with Crippen LogP contribution in [-0.2, 0) is 0 Å². The third kappa shape index (κ3) is 2.82. The molecule has 2 heterocycles. The Hall–Kier alpha value is -2.43. The van der Waals surface area contributed by atoms with Crippen LogP contribution in [0.1, 0.15) is 17.8 Å². The highest BCUT2D eigenvalue weighted by Crippen LogP contribution is 2.21. The first-order chi connectivity index (χ1) is 8.83. The standard InChI is InChI=1S/C13H13N3O2/c1-18-11-7-10(9-15-17)16-13(8-11)12-5-3-2-4-6-14-12/h2-3,5-9,17H,4H2,1H3/b15-9+. The van der Waals surface area contributed by atoms with E-state index in [0.717, 1.165) is 12.1 Å². The lowest BCUT2D eigenvalue weighted by Crippen LogP contribution is -1.96. The van der Waals surface area contributed by atoms with Gasteiger partial charge < -0.3 is 9.94 Å². The maximum absolute atomic E-state index is 8.56. The number of allylic oxidation sites excluding steroid dienone is 3. The van der Waals surface area contributed by atoms with E-state index >= 15 is 0 Å². The normalized spacial score (nSPS) is 14.6. The number of aromatic nitrogens is 1. The average molecular weight is 243 g/mol. The summed E-state index contributed by atoms with van der Waals surface area (Å²) in [4.78, 5) is 8.65. The average Bonchev–Trinajstić information content (AvgIpc) is 2.67. The molecule has 92 valence electrons. The van der Waals surface area contributed by atoms with E-state index in [-0.39, 0.29) is 0 Å². The molecule has 0 amide bonds. The molecular formula is C13H13N3O2. The van der Waals surface area contributed by atoms with E-state index in [1.54, 1.807) is 19.2 Å². The summed E-state index contributed by atoms with van der Waals surface area (Å²) in [5.74, 6) is 0.638. The van der Waals surface area contributed by atoms with Gasteiger partial charge in [0.05, 0.1) is 30.4 Å². The van der Waals surface area contributed by atoms with Crippen LogP contribution in [0.25, 0.3) is 5.70 Å². The zero-order valence-corrected chi connectivity index (χ0v) is 9.95. The third-order valence-electron chi connectivity index (χ3n) is 2.37. The Labute approximate surface area is 105 Å².